The molecule has 0 bridgehead atoms. The zero-order chi connectivity index (χ0) is 7.82. The van der Waals surface area contributed by atoms with Crippen LogP contribution in [0.25, 0.3) is 0 Å². The molecule has 0 aromatic carbocycles. The van der Waals surface area contributed by atoms with Crippen LogP contribution in [0.2, 0.25) is 0 Å². The average Bonchev–Trinajstić information content (AvgIpc) is 1.90. The van der Waals surface area contributed by atoms with E-state index in [0.717, 1.165) is 0 Å². The highest BCUT2D eigenvalue weighted by atomic mass is 16.5. The molecule has 0 radical (unpaired) electrons. The van der Waals surface area contributed by atoms with E-state index in [4.69, 9.17) is 4.74 Å². The molecule has 0 unspecified atom stereocenters. The van der Waals surface area contributed by atoms with Crippen LogP contribution in [0.5, 0.6) is 0 Å². The van der Waals surface area contributed by atoms with E-state index in [1.807, 2.05) is 13.8 Å². The van der Waals surface area contributed by atoms with Crippen LogP contribution in [0.3, 0.4) is 0 Å². The van der Waals surface area contributed by atoms with E-state index in [1.54, 1.807) is 18.4 Å². The number of allylic oxidation sites excluding steroid dienone is 2. The lowest BCUT2D eigenvalue weighted by atomic mass is 10.5. The van der Waals surface area contributed by atoms with Crippen LogP contribution in [0, 0.1) is 0 Å². The van der Waals surface area contributed by atoms with E-state index in [0.29, 0.717) is 12.5 Å². The van der Waals surface area contributed by atoms with Gasteiger partial charge in [0.2, 0.25) is 5.88 Å². The van der Waals surface area contributed by atoms with Gasteiger partial charge in [0.15, 0.2) is 0 Å². The molecule has 56 valence electrons. The molecule has 0 aliphatic carbocycles. The highest BCUT2D eigenvalue weighted by Crippen LogP contribution is 1.97. The van der Waals surface area contributed by atoms with E-state index >= 15 is 0 Å². The minimum Gasteiger partial charge on any atom is -0.478 e. The van der Waals surface area contributed by atoms with Crippen molar-refractivity contribution in [2.75, 3.05) is 6.61 Å². The molecule has 0 fully saturated rings. The normalized spacial score (nSPS) is 12.0. The smallest absolute Gasteiger partial charge is 0.212 e. The SMILES string of the molecule is C=C/C=C(\N=C/C)OCC. The zero-order valence-corrected chi connectivity index (χ0v) is 6.50. The first-order chi connectivity index (χ1) is 4.85. The quantitative estimate of drug-likeness (QED) is 0.332. The second kappa shape index (κ2) is 6.08. The first kappa shape index (κ1) is 8.95. The summed E-state index contributed by atoms with van der Waals surface area (Å²) >= 11 is 0. The van der Waals surface area contributed by atoms with Gasteiger partial charge in [0.05, 0.1) is 6.61 Å². The summed E-state index contributed by atoms with van der Waals surface area (Å²) in [4.78, 5) is 3.95. The third-order valence-corrected chi connectivity index (χ3v) is 0.809. The highest BCUT2D eigenvalue weighted by molar-refractivity contribution is 5.54. The van der Waals surface area contributed by atoms with Gasteiger partial charge in [-0.05, 0) is 19.9 Å². The molecule has 0 rings (SSSR count). The Morgan fingerprint density at radius 2 is 2.40 bits per heavy atom. The van der Waals surface area contributed by atoms with Crippen LogP contribution in [-0.4, -0.2) is 12.8 Å². The number of aliphatic imine (C=N–C) groups is 1. The molecular formula is C8H13NO. The van der Waals surface area contributed by atoms with Gasteiger partial charge in [0.1, 0.15) is 0 Å². The highest BCUT2D eigenvalue weighted by Gasteiger charge is 1.86. The lowest BCUT2D eigenvalue weighted by molar-refractivity contribution is 0.227. The summed E-state index contributed by atoms with van der Waals surface area (Å²) in [7, 11) is 0. The van der Waals surface area contributed by atoms with Crippen LogP contribution in [-0.2, 0) is 4.74 Å². The van der Waals surface area contributed by atoms with Crippen molar-refractivity contribution >= 4 is 6.21 Å². The van der Waals surface area contributed by atoms with Crippen molar-refractivity contribution in [2.24, 2.45) is 4.99 Å². The standard InChI is InChI=1S/C8H13NO/c1-4-7-8(9-5-2)10-6-3/h4-5,7H,1,6H2,2-3H3/b8-7+,9-5-. The van der Waals surface area contributed by atoms with Crippen molar-refractivity contribution in [1.82, 2.24) is 0 Å². The number of nitrogens with zero attached hydrogens (tertiary/aromatic N) is 1. The van der Waals surface area contributed by atoms with E-state index < -0.39 is 0 Å². The van der Waals surface area contributed by atoms with Crippen LogP contribution < -0.4 is 0 Å². The van der Waals surface area contributed by atoms with Crippen LogP contribution in [0.15, 0.2) is 29.6 Å². The molecule has 10 heavy (non-hydrogen) atoms. The zero-order valence-electron chi connectivity index (χ0n) is 6.50. The Kier molecular flexibility index (Phi) is 5.44. The van der Waals surface area contributed by atoms with Gasteiger partial charge in [-0.2, -0.15) is 0 Å². The lowest BCUT2D eigenvalue weighted by Gasteiger charge is -1.99. The average molecular weight is 139 g/mol. The predicted molar refractivity (Wildman–Crippen MR) is 44.1 cm³/mol. The molecular weight excluding hydrogens is 126 g/mol. The summed E-state index contributed by atoms with van der Waals surface area (Å²) in [5.74, 6) is 0.611. The minimum absolute atomic E-state index is 0.611. The van der Waals surface area contributed by atoms with Gasteiger partial charge in [-0.25, -0.2) is 4.99 Å². The van der Waals surface area contributed by atoms with Gasteiger partial charge in [-0.15, -0.1) is 0 Å². The van der Waals surface area contributed by atoms with Crippen molar-refractivity contribution in [3.63, 3.8) is 0 Å². The monoisotopic (exact) mass is 139 g/mol. The van der Waals surface area contributed by atoms with E-state index in [-0.39, 0.29) is 0 Å². The van der Waals surface area contributed by atoms with Gasteiger partial charge < -0.3 is 4.74 Å². The van der Waals surface area contributed by atoms with Gasteiger partial charge in [0.25, 0.3) is 0 Å². The van der Waals surface area contributed by atoms with Gasteiger partial charge >= 0.3 is 0 Å². The molecule has 0 aromatic heterocycles. The fourth-order valence-electron chi connectivity index (χ4n) is 0.504. The molecule has 0 amide bonds. The molecule has 0 heterocycles. The third kappa shape index (κ3) is 3.89. The maximum absolute atomic E-state index is 5.11. The molecule has 2 nitrogen and oxygen atoms in total. The first-order valence-electron chi connectivity index (χ1n) is 3.29. The molecule has 0 spiro atoms. The fraction of sp³-hybridized carbons (Fsp3) is 0.375. The van der Waals surface area contributed by atoms with Crippen molar-refractivity contribution in [3.8, 4) is 0 Å². The van der Waals surface area contributed by atoms with E-state index in [9.17, 15) is 0 Å². The van der Waals surface area contributed by atoms with Crippen molar-refractivity contribution in [2.45, 2.75) is 13.8 Å². The van der Waals surface area contributed by atoms with E-state index in [1.165, 1.54) is 0 Å². The molecule has 2 heteroatoms. The Hall–Kier alpha value is -1.05. The topological polar surface area (TPSA) is 21.6 Å². The maximum Gasteiger partial charge on any atom is 0.212 e. The second-order valence-electron chi connectivity index (χ2n) is 1.56. The third-order valence-electron chi connectivity index (χ3n) is 0.809. The molecule has 0 aromatic rings. The molecule has 0 atom stereocenters. The van der Waals surface area contributed by atoms with Crippen molar-refractivity contribution in [3.05, 3.63) is 24.6 Å². The summed E-state index contributed by atoms with van der Waals surface area (Å²) in [6, 6.07) is 0. The maximum atomic E-state index is 5.11. The summed E-state index contributed by atoms with van der Waals surface area (Å²) in [5, 5.41) is 0. The summed E-state index contributed by atoms with van der Waals surface area (Å²) in [5.41, 5.74) is 0. The van der Waals surface area contributed by atoms with Gasteiger partial charge in [-0.1, -0.05) is 12.7 Å². The molecule has 0 saturated carbocycles. The Labute approximate surface area is 61.9 Å². The Balaban J connectivity index is 3.96. The minimum atomic E-state index is 0.611. The Bertz CT molecular complexity index is 147. The Morgan fingerprint density at radius 3 is 2.80 bits per heavy atom. The molecule has 0 aliphatic heterocycles. The van der Waals surface area contributed by atoms with Crippen molar-refractivity contribution < 1.29 is 4.74 Å². The van der Waals surface area contributed by atoms with Gasteiger partial charge in [0, 0.05) is 6.21 Å². The number of ether oxygens (including phenoxy) is 1. The fourth-order valence-corrected chi connectivity index (χ4v) is 0.504. The van der Waals surface area contributed by atoms with E-state index in [2.05, 4.69) is 11.6 Å². The van der Waals surface area contributed by atoms with Crippen LogP contribution >= 0.6 is 0 Å². The summed E-state index contributed by atoms with van der Waals surface area (Å²) in [6.07, 6.45) is 5.06. The van der Waals surface area contributed by atoms with Gasteiger partial charge in [-0.3, -0.25) is 0 Å². The second-order valence-corrected chi connectivity index (χ2v) is 1.56. The number of hydrogen-bond donors (Lipinski definition) is 0. The number of rotatable bonds is 4. The van der Waals surface area contributed by atoms with Crippen molar-refractivity contribution in [1.29, 1.82) is 0 Å². The summed E-state index contributed by atoms with van der Waals surface area (Å²) in [6.45, 7) is 7.93. The largest absolute Gasteiger partial charge is 0.478 e. The lowest BCUT2D eigenvalue weighted by Crippen LogP contribution is -1.87. The van der Waals surface area contributed by atoms with Crippen LogP contribution in [0.1, 0.15) is 13.8 Å². The molecule has 0 saturated heterocycles. The predicted octanol–water partition coefficient (Wildman–Crippen LogP) is 2.14. The van der Waals surface area contributed by atoms with Crippen LogP contribution in [0.4, 0.5) is 0 Å². The number of hydrogen-bond acceptors (Lipinski definition) is 2. The Morgan fingerprint density at radius 1 is 1.70 bits per heavy atom. The first-order valence-corrected chi connectivity index (χ1v) is 3.29. The summed E-state index contributed by atoms with van der Waals surface area (Å²) < 4.78 is 5.11. The molecule has 0 N–H and O–H groups in total. The molecule has 0 aliphatic rings.